The molecule has 0 aromatic rings. The number of quaternary nitrogens is 1. The van der Waals surface area contributed by atoms with Gasteiger partial charge in [-0.05, 0) is 135 Å². The smallest absolute Gasteiger partial charge is 0.472 e. The van der Waals surface area contributed by atoms with Crippen LogP contribution < -0.4 is 10.2 Å². The van der Waals surface area contributed by atoms with Crippen LogP contribution in [0.3, 0.4) is 0 Å². The number of hydrogen-bond donors (Lipinski definition) is 2. The highest BCUT2D eigenvalue weighted by Crippen LogP contribution is 2.43. The molecule has 21 heteroatoms. The summed E-state index contributed by atoms with van der Waals surface area (Å²) in [7, 11) is -3.38. The molecule has 0 saturated carbocycles. The van der Waals surface area contributed by atoms with Crippen molar-refractivity contribution in [3.05, 3.63) is 48.6 Å². The fourth-order valence-corrected chi connectivity index (χ4v) is 15.0. The zero-order valence-corrected chi connectivity index (χ0v) is 79.2. The number of allylic oxidation sites excluding steroid dienone is 8. The van der Waals surface area contributed by atoms with Gasteiger partial charge in [-0.3, -0.25) is 37.6 Å². The van der Waals surface area contributed by atoms with Gasteiger partial charge in [-0.1, -0.05) is 340 Å². The second-order valence-electron chi connectivity index (χ2n) is 34.0. The molecule has 0 aliphatic heterocycles. The van der Waals surface area contributed by atoms with E-state index in [0.29, 0.717) is 36.7 Å². The first-order chi connectivity index (χ1) is 57.2. The molecule has 694 valence electrons. The number of carbonyl (C=O) groups is 5. The van der Waals surface area contributed by atoms with Gasteiger partial charge < -0.3 is 47.6 Å². The normalized spacial score (nSPS) is 13.4. The molecule has 0 fully saturated rings. The third-order valence-corrected chi connectivity index (χ3v) is 23.0. The summed E-state index contributed by atoms with van der Waals surface area (Å²) in [6.07, 6.45) is 88.8. The molecule has 2 N–H and O–H groups in total. The molecule has 0 bridgehead atoms. The average Bonchev–Trinajstić information content (AvgIpc) is 0.910. The van der Waals surface area contributed by atoms with E-state index in [1.165, 1.54) is 218 Å². The molecule has 118 heavy (non-hydrogen) atoms. The van der Waals surface area contributed by atoms with Gasteiger partial charge in [-0.2, -0.15) is 0 Å². The van der Waals surface area contributed by atoms with Crippen LogP contribution in [0.5, 0.6) is 0 Å². The number of carbonyl (C=O) groups excluding carboxylic acids is 5. The van der Waals surface area contributed by atoms with Crippen molar-refractivity contribution in [1.29, 1.82) is 0 Å². The average molecular weight is 1710 g/mol. The van der Waals surface area contributed by atoms with Gasteiger partial charge in [0, 0.05) is 38.6 Å². The van der Waals surface area contributed by atoms with Crippen molar-refractivity contribution >= 4 is 45.4 Å². The van der Waals surface area contributed by atoms with Gasteiger partial charge in [0.15, 0.2) is 12.2 Å². The summed E-state index contributed by atoms with van der Waals surface area (Å²) in [6, 6.07) is 0. The standard InChI is InChI=1S/C53H100NO9P.C44H84NO8P/c1-4-7-10-13-16-19-21-23-25-27-29-32-35-38-41-44-52(56)60-48-50(63-53(57)45-42-39-36-33-30-28-26-24-22-20-17-14-11-8-5-2)49-62-64(58,59)61-47-46-54-51(55)43-40-37-34-31-18-15-12-9-6-3;1-6-8-10-12-14-16-18-20-22-24-26-28-30-32-34-36-43(46)50-40-42(41-52-54(48,49)51-39-38-45(3,4)5)53-44(47)37-35-33-31-29-27-25-23-21-19-17-15-13-11-9-7-2/h23-26,50H,4-22,27-49H2,1-3H3,(H,54,55)(H,58,59);20-23,42H,6-19,24-41H2,1-5H3/b25-23-,26-24-;22-20-,23-21-/t50-;42-/m11/s1. The number of hydrogen-bond acceptors (Lipinski definition) is 16. The zero-order valence-electron chi connectivity index (χ0n) is 77.4. The van der Waals surface area contributed by atoms with E-state index >= 15 is 0 Å². The summed E-state index contributed by atoms with van der Waals surface area (Å²) < 4.78 is 67.8. The monoisotopic (exact) mass is 1710 g/mol. The van der Waals surface area contributed by atoms with Gasteiger partial charge in [0.25, 0.3) is 7.82 Å². The number of unbranched alkanes of at least 4 members (excludes halogenated alkanes) is 52. The molecule has 0 rings (SSSR count). The van der Waals surface area contributed by atoms with Crippen LogP contribution in [0.15, 0.2) is 48.6 Å². The van der Waals surface area contributed by atoms with E-state index in [0.717, 1.165) is 154 Å². The van der Waals surface area contributed by atoms with Gasteiger partial charge in [-0.25, -0.2) is 4.57 Å². The Morgan fingerprint density at radius 3 is 0.839 bits per heavy atom. The van der Waals surface area contributed by atoms with Gasteiger partial charge in [0.1, 0.15) is 26.4 Å². The predicted octanol–water partition coefficient (Wildman–Crippen LogP) is 27.4. The number of ether oxygens (including phenoxy) is 4. The van der Waals surface area contributed by atoms with Crippen molar-refractivity contribution in [3.8, 4) is 0 Å². The molecule has 0 aromatic carbocycles. The van der Waals surface area contributed by atoms with Crippen molar-refractivity contribution in [1.82, 2.24) is 5.32 Å². The lowest BCUT2D eigenvalue weighted by Crippen LogP contribution is -2.37. The highest BCUT2D eigenvalue weighted by atomic mass is 31.2. The Hall–Kier alpha value is -3.51. The van der Waals surface area contributed by atoms with Crippen molar-refractivity contribution in [2.45, 2.75) is 471 Å². The SMILES string of the molecule is CCCCCCCC/C=C\CCCCCCCC(=O)OC[C@H](COP(=O)(O)OCCNC(=O)CCCCCCCCCCC)OC(=O)CCCCCCC/C=C\CCCCCCCC.CCCCCCCC/C=C\CCCCCCCC(=O)OC[C@H](COP(=O)([O-])OCC[N+](C)(C)C)OC(=O)CCCCCCC/C=C\CCCCCCCC. The quantitative estimate of drug-likeness (QED) is 0.0143. The summed E-state index contributed by atoms with van der Waals surface area (Å²) in [5, 5.41) is 2.72. The number of nitrogens with zero attached hydrogens (tertiary/aromatic N) is 1. The fourth-order valence-electron chi connectivity index (χ4n) is 13.5. The number of rotatable bonds is 90. The second kappa shape index (κ2) is 89.8. The van der Waals surface area contributed by atoms with E-state index in [1.54, 1.807) is 0 Å². The second-order valence-corrected chi connectivity index (χ2v) is 36.9. The fraction of sp³-hybridized carbons (Fsp3) is 0.866. The van der Waals surface area contributed by atoms with E-state index in [9.17, 15) is 42.9 Å². The van der Waals surface area contributed by atoms with E-state index < -0.39 is 64.9 Å². The highest BCUT2D eigenvalue weighted by molar-refractivity contribution is 7.47. The first-order valence-electron chi connectivity index (χ1n) is 48.8. The first-order valence-corrected chi connectivity index (χ1v) is 51.8. The maximum atomic E-state index is 12.8. The number of amides is 1. The number of phosphoric acid groups is 2. The Morgan fingerprint density at radius 2 is 0.559 bits per heavy atom. The van der Waals surface area contributed by atoms with E-state index in [4.69, 9.17) is 37.0 Å². The third kappa shape index (κ3) is 94.7. The number of esters is 4. The maximum absolute atomic E-state index is 12.8. The summed E-state index contributed by atoms with van der Waals surface area (Å²) in [5.74, 6) is -1.85. The van der Waals surface area contributed by atoms with Crippen molar-refractivity contribution < 1.29 is 84.4 Å². The minimum atomic E-state index is -4.62. The molecule has 0 aromatic heterocycles. The molecule has 0 aliphatic rings. The van der Waals surface area contributed by atoms with Crippen LogP contribution in [-0.4, -0.2) is 125 Å². The molecular weight excluding hydrogens is 1530 g/mol. The van der Waals surface area contributed by atoms with Gasteiger partial charge >= 0.3 is 31.7 Å². The zero-order chi connectivity index (χ0) is 86.9. The van der Waals surface area contributed by atoms with E-state index in [-0.39, 0.29) is 64.6 Å². The van der Waals surface area contributed by atoms with E-state index in [2.05, 4.69) is 88.5 Å². The van der Waals surface area contributed by atoms with Crippen LogP contribution in [0.2, 0.25) is 0 Å². The Balaban J connectivity index is 0. The van der Waals surface area contributed by atoms with Crippen LogP contribution in [0.25, 0.3) is 0 Å². The van der Waals surface area contributed by atoms with Gasteiger partial charge in [0.2, 0.25) is 5.91 Å². The van der Waals surface area contributed by atoms with Crippen LogP contribution in [-0.2, 0) is 70.1 Å². The Morgan fingerprint density at radius 1 is 0.314 bits per heavy atom. The summed E-state index contributed by atoms with van der Waals surface area (Å²) >= 11 is 0. The maximum Gasteiger partial charge on any atom is 0.472 e. The highest BCUT2D eigenvalue weighted by Gasteiger charge is 2.27. The topological polar surface area (TPSA) is 249 Å². The van der Waals surface area contributed by atoms with E-state index in [1.807, 2.05) is 21.1 Å². The molecule has 4 atom stereocenters. The summed E-state index contributed by atoms with van der Waals surface area (Å²) in [5.41, 5.74) is 0. The molecule has 0 aliphatic carbocycles. The lowest BCUT2D eigenvalue weighted by Gasteiger charge is -2.28. The van der Waals surface area contributed by atoms with Crippen molar-refractivity contribution in [2.24, 2.45) is 0 Å². The Labute approximate surface area is 724 Å². The minimum absolute atomic E-state index is 0.0326. The Kier molecular flexibility index (Phi) is 88.6. The van der Waals surface area contributed by atoms with Crippen LogP contribution >= 0.6 is 15.6 Å². The minimum Gasteiger partial charge on any atom is -0.756 e. The lowest BCUT2D eigenvalue weighted by atomic mass is 10.1. The number of nitrogens with one attached hydrogen (secondary N) is 1. The summed E-state index contributed by atoms with van der Waals surface area (Å²) in [4.78, 5) is 85.4. The van der Waals surface area contributed by atoms with Crippen LogP contribution in [0.1, 0.15) is 458 Å². The molecule has 1 amide bonds. The predicted molar refractivity (Wildman–Crippen MR) is 488 cm³/mol. The number of phosphoric ester groups is 2. The van der Waals surface area contributed by atoms with Gasteiger partial charge in [-0.15, -0.1) is 0 Å². The molecule has 0 heterocycles. The molecule has 2 unspecified atom stereocenters. The molecule has 0 radical (unpaired) electrons. The molecule has 19 nitrogen and oxygen atoms in total. The molecule has 0 saturated heterocycles. The third-order valence-electron chi connectivity index (χ3n) is 21.1. The molecule has 0 spiro atoms. The lowest BCUT2D eigenvalue weighted by molar-refractivity contribution is -0.870. The van der Waals surface area contributed by atoms with Crippen LogP contribution in [0, 0.1) is 0 Å². The largest absolute Gasteiger partial charge is 0.756 e. The van der Waals surface area contributed by atoms with Crippen molar-refractivity contribution in [2.75, 3.05) is 73.9 Å². The van der Waals surface area contributed by atoms with Gasteiger partial charge in [0.05, 0.1) is 41.0 Å². The Bertz CT molecular complexity index is 2470. The van der Waals surface area contributed by atoms with Crippen molar-refractivity contribution in [3.63, 3.8) is 0 Å². The van der Waals surface area contributed by atoms with Crippen LogP contribution in [0.4, 0.5) is 0 Å². The molecular formula is C97H184N2O17P2. The first kappa shape index (κ1) is 117. The summed E-state index contributed by atoms with van der Waals surface area (Å²) in [6.45, 7) is 10.0. The number of likely N-dealkylation sites (N-methyl/N-ethyl adjacent to an activating group) is 1.